The number of benzene rings is 1. The summed E-state index contributed by atoms with van der Waals surface area (Å²) in [7, 11) is 0. The number of rotatable bonds is 5. The Balaban J connectivity index is 1.58. The predicted molar refractivity (Wildman–Crippen MR) is 83.5 cm³/mol. The second kappa shape index (κ2) is 6.99. The highest BCUT2D eigenvalue weighted by Gasteiger charge is 2.19. The quantitative estimate of drug-likeness (QED) is 0.745. The maximum atomic E-state index is 12.2. The third-order valence-corrected chi connectivity index (χ3v) is 3.89. The second-order valence-corrected chi connectivity index (χ2v) is 5.58. The van der Waals surface area contributed by atoms with Crippen LogP contribution in [0.2, 0.25) is 0 Å². The van der Waals surface area contributed by atoms with Crippen LogP contribution in [0.1, 0.15) is 10.4 Å². The van der Waals surface area contributed by atoms with Gasteiger partial charge in [-0.1, -0.05) is 6.07 Å². The molecule has 1 aliphatic heterocycles. The Bertz CT molecular complexity index is 678. The van der Waals surface area contributed by atoms with Crippen molar-refractivity contribution in [2.75, 3.05) is 39.4 Å². The molecule has 0 spiro atoms. The lowest BCUT2D eigenvalue weighted by molar-refractivity contribution is 0.0149. The zero-order valence-electron chi connectivity index (χ0n) is 12.7. The van der Waals surface area contributed by atoms with Crippen LogP contribution in [0.5, 0.6) is 5.75 Å². The number of aromatic hydroxyl groups is 1. The largest absolute Gasteiger partial charge is 0.507 e. The van der Waals surface area contributed by atoms with Crippen LogP contribution in [0.15, 0.2) is 28.9 Å². The van der Waals surface area contributed by atoms with Crippen LogP contribution in [-0.2, 0) is 4.74 Å². The van der Waals surface area contributed by atoms with Gasteiger partial charge in [0.05, 0.1) is 30.3 Å². The minimum absolute atomic E-state index is 0.00438. The summed E-state index contributed by atoms with van der Waals surface area (Å²) in [6, 6.07) is 4.83. The first kappa shape index (κ1) is 15.8. The Morgan fingerprint density at radius 3 is 2.91 bits per heavy atom. The molecule has 1 aromatic heterocycles. The van der Waals surface area contributed by atoms with Crippen molar-refractivity contribution in [2.24, 2.45) is 0 Å². The highest BCUT2D eigenvalue weighted by atomic mass is 16.5. The lowest BCUT2D eigenvalue weighted by atomic mass is 10.1. The number of hydrogen-bond donors (Lipinski definition) is 3. The maximum absolute atomic E-state index is 12.2. The molecule has 0 bridgehead atoms. The van der Waals surface area contributed by atoms with E-state index in [1.807, 2.05) is 0 Å². The van der Waals surface area contributed by atoms with Crippen LogP contribution in [-0.4, -0.2) is 66.5 Å². The van der Waals surface area contributed by atoms with E-state index in [4.69, 9.17) is 9.15 Å². The maximum Gasteiger partial charge on any atom is 0.255 e. The molecule has 7 nitrogen and oxygen atoms in total. The third kappa shape index (κ3) is 3.64. The molecule has 1 unspecified atom stereocenters. The number of carbonyl (C=O) groups excluding carboxylic acids is 1. The van der Waals surface area contributed by atoms with Crippen LogP contribution in [0.4, 0.5) is 0 Å². The van der Waals surface area contributed by atoms with E-state index in [1.54, 1.807) is 12.1 Å². The molecular formula is C16H20N2O5. The number of hydrogen-bond acceptors (Lipinski definition) is 6. The predicted octanol–water partition coefficient (Wildman–Crippen LogP) is 0.561. The molecule has 0 radical (unpaired) electrons. The van der Waals surface area contributed by atoms with Gasteiger partial charge in [0.25, 0.3) is 5.91 Å². The van der Waals surface area contributed by atoms with E-state index in [0.29, 0.717) is 30.7 Å². The third-order valence-electron chi connectivity index (χ3n) is 3.89. The first-order valence-corrected chi connectivity index (χ1v) is 7.60. The molecule has 0 saturated carbocycles. The first-order valence-electron chi connectivity index (χ1n) is 7.60. The molecule has 1 fully saturated rings. The van der Waals surface area contributed by atoms with Crippen molar-refractivity contribution in [3.63, 3.8) is 0 Å². The SMILES string of the molecule is O=C(NCC(O)CN1CCOCC1)c1coc2cccc(O)c12. The molecule has 1 aromatic carbocycles. The Hall–Kier alpha value is -2.09. The molecule has 3 N–H and O–H groups in total. The lowest BCUT2D eigenvalue weighted by Crippen LogP contribution is -2.44. The van der Waals surface area contributed by atoms with E-state index in [1.165, 1.54) is 12.3 Å². The average molecular weight is 320 g/mol. The molecule has 2 heterocycles. The molecule has 23 heavy (non-hydrogen) atoms. The summed E-state index contributed by atoms with van der Waals surface area (Å²) in [4.78, 5) is 14.3. The van der Waals surface area contributed by atoms with Crippen molar-refractivity contribution in [1.82, 2.24) is 10.2 Å². The minimum Gasteiger partial charge on any atom is -0.507 e. The van der Waals surface area contributed by atoms with Crippen molar-refractivity contribution in [3.8, 4) is 5.75 Å². The van der Waals surface area contributed by atoms with Crippen molar-refractivity contribution in [2.45, 2.75) is 6.10 Å². The van der Waals surface area contributed by atoms with Crippen LogP contribution in [0.3, 0.4) is 0 Å². The first-order chi connectivity index (χ1) is 11.1. The molecular weight excluding hydrogens is 300 g/mol. The summed E-state index contributed by atoms with van der Waals surface area (Å²) in [6.07, 6.45) is 0.650. The fourth-order valence-corrected chi connectivity index (χ4v) is 2.69. The molecule has 1 saturated heterocycles. The van der Waals surface area contributed by atoms with E-state index in [-0.39, 0.29) is 23.8 Å². The monoisotopic (exact) mass is 320 g/mol. The summed E-state index contributed by atoms with van der Waals surface area (Å²) >= 11 is 0. The molecule has 7 heteroatoms. The number of nitrogens with zero attached hydrogens (tertiary/aromatic N) is 1. The van der Waals surface area contributed by atoms with Gasteiger partial charge in [0.2, 0.25) is 0 Å². The van der Waals surface area contributed by atoms with Gasteiger partial charge in [-0.15, -0.1) is 0 Å². The molecule has 1 amide bonds. The van der Waals surface area contributed by atoms with Crippen molar-refractivity contribution in [3.05, 3.63) is 30.0 Å². The molecule has 0 aliphatic carbocycles. The van der Waals surface area contributed by atoms with E-state index in [9.17, 15) is 15.0 Å². The fourth-order valence-electron chi connectivity index (χ4n) is 2.69. The topological polar surface area (TPSA) is 95.2 Å². The highest BCUT2D eigenvalue weighted by Crippen LogP contribution is 2.29. The number of morpholine rings is 1. The van der Waals surface area contributed by atoms with Crippen molar-refractivity contribution in [1.29, 1.82) is 0 Å². The van der Waals surface area contributed by atoms with Crippen molar-refractivity contribution < 1.29 is 24.2 Å². The number of ether oxygens (including phenoxy) is 1. The van der Waals surface area contributed by atoms with Gasteiger partial charge in [0.15, 0.2) is 0 Å². The zero-order valence-corrected chi connectivity index (χ0v) is 12.7. The van der Waals surface area contributed by atoms with Gasteiger partial charge in [-0.25, -0.2) is 0 Å². The van der Waals surface area contributed by atoms with E-state index >= 15 is 0 Å². The summed E-state index contributed by atoms with van der Waals surface area (Å²) in [5.41, 5.74) is 0.709. The fraction of sp³-hybridized carbons (Fsp3) is 0.438. The molecule has 2 aromatic rings. The standard InChI is InChI=1S/C16H20N2O5/c19-11(9-18-4-6-22-7-5-18)8-17-16(21)12-10-23-14-3-1-2-13(20)15(12)14/h1-3,10-11,19-20H,4-9H2,(H,17,21). The Morgan fingerprint density at radius 2 is 2.13 bits per heavy atom. The van der Waals surface area contributed by atoms with Gasteiger partial charge >= 0.3 is 0 Å². The summed E-state index contributed by atoms with van der Waals surface area (Å²) < 4.78 is 10.5. The van der Waals surface area contributed by atoms with Gasteiger partial charge in [-0.2, -0.15) is 0 Å². The summed E-state index contributed by atoms with van der Waals surface area (Å²) in [6.45, 7) is 3.52. The van der Waals surface area contributed by atoms with E-state index in [0.717, 1.165) is 13.1 Å². The number of carbonyl (C=O) groups is 1. The van der Waals surface area contributed by atoms with Gasteiger partial charge < -0.3 is 24.7 Å². The Labute approximate surface area is 133 Å². The smallest absolute Gasteiger partial charge is 0.255 e. The Morgan fingerprint density at radius 1 is 1.35 bits per heavy atom. The summed E-state index contributed by atoms with van der Waals surface area (Å²) in [5.74, 6) is -0.387. The summed E-state index contributed by atoms with van der Waals surface area (Å²) in [5, 5.41) is 23.0. The number of aliphatic hydroxyl groups is 1. The molecule has 1 atom stereocenters. The van der Waals surface area contributed by atoms with Gasteiger partial charge in [0, 0.05) is 26.2 Å². The zero-order chi connectivity index (χ0) is 16.2. The molecule has 3 rings (SSSR count). The number of phenols is 1. The van der Waals surface area contributed by atoms with Crippen molar-refractivity contribution >= 4 is 16.9 Å². The van der Waals surface area contributed by atoms with Crippen LogP contribution in [0.25, 0.3) is 11.0 Å². The number of amides is 1. The minimum atomic E-state index is -0.663. The normalized spacial score (nSPS) is 17.3. The van der Waals surface area contributed by atoms with E-state index < -0.39 is 6.10 Å². The number of fused-ring (bicyclic) bond motifs is 1. The number of furan rings is 1. The molecule has 124 valence electrons. The molecule has 1 aliphatic rings. The Kier molecular flexibility index (Phi) is 4.80. The second-order valence-electron chi connectivity index (χ2n) is 5.58. The van der Waals surface area contributed by atoms with Crippen LogP contribution >= 0.6 is 0 Å². The lowest BCUT2D eigenvalue weighted by Gasteiger charge is -2.28. The average Bonchev–Trinajstić information content (AvgIpc) is 2.99. The number of nitrogens with one attached hydrogen (secondary N) is 1. The van der Waals surface area contributed by atoms with Gasteiger partial charge in [-0.05, 0) is 12.1 Å². The highest BCUT2D eigenvalue weighted by molar-refractivity contribution is 6.08. The van der Waals surface area contributed by atoms with Gasteiger partial charge in [0.1, 0.15) is 17.6 Å². The number of β-amino-alcohol motifs (C(OH)–C–C–N with tert-alkyl or cyclic N) is 1. The number of phenolic OH excluding ortho intramolecular Hbond substituents is 1. The van der Waals surface area contributed by atoms with Crippen LogP contribution in [0, 0.1) is 0 Å². The van der Waals surface area contributed by atoms with E-state index in [2.05, 4.69) is 10.2 Å². The van der Waals surface area contributed by atoms with Crippen LogP contribution < -0.4 is 5.32 Å². The number of aliphatic hydroxyl groups excluding tert-OH is 1. The van der Waals surface area contributed by atoms with Gasteiger partial charge in [-0.3, -0.25) is 9.69 Å².